The smallest absolute Gasteiger partial charge is 0.253 e. The SMILES string of the molecule is Cc1ccccc1-n1c(-c2ccc(Cl)cc2)ccc1-c1ccc(C(=O)N2CCCCC2)cc1. The summed E-state index contributed by atoms with van der Waals surface area (Å²) in [4.78, 5) is 14.9. The minimum absolute atomic E-state index is 0.136. The molecule has 0 atom stereocenters. The van der Waals surface area contributed by atoms with E-state index < -0.39 is 0 Å². The molecule has 0 unspecified atom stereocenters. The number of aromatic nitrogens is 1. The molecule has 1 saturated heterocycles. The van der Waals surface area contributed by atoms with Crippen LogP contribution < -0.4 is 0 Å². The number of carbonyl (C=O) groups is 1. The van der Waals surface area contributed by atoms with Crippen LogP contribution in [-0.4, -0.2) is 28.5 Å². The average Bonchev–Trinajstić information content (AvgIpc) is 3.30. The summed E-state index contributed by atoms with van der Waals surface area (Å²) in [5, 5.41) is 0.724. The zero-order valence-corrected chi connectivity index (χ0v) is 19.6. The third kappa shape index (κ3) is 4.34. The highest BCUT2D eigenvalue weighted by Crippen LogP contribution is 2.34. The van der Waals surface area contributed by atoms with E-state index in [1.54, 1.807) is 0 Å². The molecule has 3 aromatic carbocycles. The van der Waals surface area contributed by atoms with Crippen LogP contribution in [0, 0.1) is 6.92 Å². The number of amides is 1. The quantitative estimate of drug-likeness (QED) is 0.315. The van der Waals surface area contributed by atoms with Gasteiger partial charge in [-0.05, 0) is 85.3 Å². The number of benzene rings is 3. The Kier molecular flexibility index (Phi) is 6.06. The van der Waals surface area contributed by atoms with E-state index in [0.717, 1.165) is 64.7 Å². The largest absolute Gasteiger partial charge is 0.339 e. The van der Waals surface area contributed by atoms with Gasteiger partial charge in [-0.25, -0.2) is 0 Å². The predicted octanol–water partition coefficient (Wildman–Crippen LogP) is 7.40. The highest BCUT2D eigenvalue weighted by Gasteiger charge is 2.19. The van der Waals surface area contributed by atoms with Gasteiger partial charge in [0.1, 0.15) is 0 Å². The summed E-state index contributed by atoms with van der Waals surface area (Å²) in [6, 6.07) is 28.7. The van der Waals surface area contributed by atoms with Gasteiger partial charge in [-0.2, -0.15) is 0 Å². The lowest BCUT2D eigenvalue weighted by Gasteiger charge is -2.26. The minimum atomic E-state index is 0.136. The maximum absolute atomic E-state index is 12.9. The molecule has 1 aliphatic heterocycles. The molecule has 2 heterocycles. The highest BCUT2D eigenvalue weighted by atomic mass is 35.5. The zero-order valence-electron chi connectivity index (χ0n) is 18.8. The van der Waals surface area contributed by atoms with E-state index in [0.29, 0.717) is 0 Å². The second kappa shape index (κ2) is 9.29. The van der Waals surface area contributed by atoms with Crippen molar-refractivity contribution in [3.05, 3.63) is 101 Å². The van der Waals surface area contributed by atoms with Gasteiger partial charge in [0.15, 0.2) is 0 Å². The molecule has 1 aromatic heterocycles. The van der Waals surface area contributed by atoms with Crippen LogP contribution in [0.1, 0.15) is 35.2 Å². The molecule has 1 amide bonds. The van der Waals surface area contributed by atoms with Crippen molar-refractivity contribution in [1.29, 1.82) is 0 Å². The lowest BCUT2D eigenvalue weighted by atomic mass is 10.1. The first-order valence-electron chi connectivity index (χ1n) is 11.6. The summed E-state index contributed by atoms with van der Waals surface area (Å²) >= 11 is 6.14. The van der Waals surface area contributed by atoms with Crippen LogP contribution in [0.4, 0.5) is 0 Å². The van der Waals surface area contributed by atoms with Gasteiger partial charge in [-0.1, -0.05) is 54.1 Å². The number of aryl methyl sites for hydroxylation is 1. The van der Waals surface area contributed by atoms with Crippen LogP contribution >= 0.6 is 11.6 Å². The monoisotopic (exact) mass is 454 g/mol. The number of nitrogens with zero attached hydrogens (tertiary/aromatic N) is 2. The molecule has 0 N–H and O–H groups in total. The van der Waals surface area contributed by atoms with E-state index in [-0.39, 0.29) is 5.91 Å². The Bertz CT molecular complexity index is 1270. The van der Waals surface area contributed by atoms with Crippen molar-refractivity contribution in [2.45, 2.75) is 26.2 Å². The Morgan fingerprint density at radius 1 is 0.727 bits per heavy atom. The topological polar surface area (TPSA) is 25.2 Å². The molecule has 0 aliphatic carbocycles. The first kappa shape index (κ1) is 21.5. The zero-order chi connectivity index (χ0) is 22.8. The predicted molar refractivity (Wildman–Crippen MR) is 136 cm³/mol. The fraction of sp³-hybridized carbons (Fsp3) is 0.207. The van der Waals surface area contributed by atoms with Crippen molar-refractivity contribution < 1.29 is 4.79 Å². The van der Waals surface area contributed by atoms with Crippen molar-refractivity contribution >= 4 is 17.5 Å². The first-order chi connectivity index (χ1) is 16.1. The van der Waals surface area contributed by atoms with Gasteiger partial charge in [0.05, 0.1) is 11.4 Å². The Morgan fingerprint density at radius 3 is 1.91 bits per heavy atom. The molecular formula is C29H27ClN2O. The van der Waals surface area contributed by atoms with Crippen LogP contribution in [0.5, 0.6) is 0 Å². The maximum Gasteiger partial charge on any atom is 0.253 e. The van der Waals surface area contributed by atoms with E-state index >= 15 is 0 Å². The van der Waals surface area contributed by atoms with Crippen LogP contribution in [0.15, 0.2) is 84.9 Å². The third-order valence-electron chi connectivity index (χ3n) is 6.45. The van der Waals surface area contributed by atoms with Gasteiger partial charge in [-0.15, -0.1) is 0 Å². The Labute approximate surface area is 200 Å². The van der Waals surface area contributed by atoms with Crippen molar-refractivity contribution in [3.8, 4) is 28.2 Å². The molecule has 0 spiro atoms. The molecule has 4 aromatic rings. The molecule has 1 fully saturated rings. The van der Waals surface area contributed by atoms with Crippen molar-refractivity contribution in [3.63, 3.8) is 0 Å². The highest BCUT2D eigenvalue weighted by molar-refractivity contribution is 6.30. The summed E-state index contributed by atoms with van der Waals surface area (Å²) in [5.41, 5.74) is 7.46. The van der Waals surface area contributed by atoms with Crippen LogP contribution in [-0.2, 0) is 0 Å². The number of hydrogen-bond acceptors (Lipinski definition) is 1. The summed E-state index contributed by atoms with van der Waals surface area (Å²) in [7, 11) is 0. The minimum Gasteiger partial charge on any atom is -0.339 e. The lowest BCUT2D eigenvalue weighted by Crippen LogP contribution is -2.35. The molecule has 1 aliphatic rings. The number of likely N-dealkylation sites (tertiary alicyclic amines) is 1. The summed E-state index contributed by atoms with van der Waals surface area (Å²) < 4.78 is 2.29. The number of carbonyl (C=O) groups excluding carboxylic acids is 1. The molecule has 166 valence electrons. The number of hydrogen-bond donors (Lipinski definition) is 0. The number of halogens is 1. The number of rotatable bonds is 4. The average molecular weight is 455 g/mol. The maximum atomic E-state index is 12.9. The van der Waals surface area contributed by atoms with Gasteiger partial charge >= 0.3 is 0 Å². The normalized spacial score (nSPS) is 13.8. The van der Waals surface area contributed by atoms with E-state index in [1.807, 2.05) is 29.2 Å². The summed E-state index contributed by atoms with van der Waals surface area (Å²) in [6.45, 7) is 3.85. The number of piperidine rings is 1. The molecule has 0 saturated carbocycles. The van der Waals surface area contributed by atoms with Gasteiger partial charge in [-0.3, -0.25) is 4.79 Å². The number of para-hydroxylation sites is 1. The fourth-order valence-electron chi connectivity index (χ4n) is 4.64. The molecule has 5 rings (SSSR count). The van der Waals surface area contributed by atoms with Gasteiger partial charge in [0, 0.05) is 29.4 Å². The second-order valence-electron chi connectivity index (χ2n) is 8.66. The van der Waals surface area contributed by atoms with Crippen molar-refractivity contribution in [2.75, 3.05) is 13.1 Å². The van der Waals surface area contributed by atoms with E-state index in [2.05, 4.69) is 72.2 Å². The standard InChI is InChI=1S/C29H27ClN2O/c1-21-7-3-4-8-26(21)32-27(17-18-28(32)23-13-15-25(30)16-14-23)22-9-11-24(12-10-22)29(33)31-19-5-2-6-20-31/h3-4,7-18H,2,5-6,19-20H2,1H3. The summed E-state index contributed by atoms with van der Waals surface area (Å²) in [5.74, 6) is 0.136. The molecule has 0 radical (unpaired) electrons. The van der Waals surface area contributed by atoms with E-state index in [4.69, 9.17) is 11.6 Å². The fourth-order valence-corrected chi connectivity index (χ4v) is 4.77. The molecule has 33 heavy (non-hydrogen) atoms. The van der Waals surface area contributed by atoms with Crippen LogP contribution in [0.3, 0.4) is 0 Å². The Balaban J connectivity index is 1.56. The summed E-state index contributed by atoms with van der Waals surface area (Å²) in [6.07, 6.45) is 3.41. The van der Waals surface area contributed by atoms with Crippen LogP contribution in [0.2, 0.25) is 5.02 Å². The van der Waals surface area contributed by atoms with E-state index in [1.165, 1.54) is 12.0 Å². The second-order valence-corrected chi connectivity index (χ2v) is 9.10. The third-order valence-corrected chi connectivity index (χ3v) is 6.70. The Hall–Kier alpha value is -3.30. The molecule has 0 bridgehead atoms. The molecule has 3 nitrogen and oxygen atoms in total. The first-order valence-corrected chi connectivity index (χ1v) is 11.9. The van der Waals surface area contributed by atoms with Crippen molar-refractivity contribution in [1.82, 2.24) is 9.47 Å². The molecular weight excluding hydrogens is 428 g/mol. The van der Waals surface area contributed by atoms with Gasteiger partial charge in [0.25, 0.3) is 5.91 Å². The lowest BCUT2D eigenvalue weighted by molar-refractivity contribution is 0.0724. The van der Waals surface area contributed by atoms with E-state index in [9.17, 15) is 4.79 Å². The molecule has 4 heteroatoms. The Morgan fingerprint density at radius 2 is 1.30 bits per heavy atom. The van der Waals surface area contributed by atoms with Crippen LogP contribution in [0.25, 0.3) is 28.2 Å². The van der Waals surface area contributed by atoms with Gasteiger partial charge in [0.2, 0.25) is 0 Å². The van der Waals surface area contributed by atoms with Gasteiger partial charge < -0.3 is 9.47 Å². The van der Waals surface area contributed by atoms with Crippen molar-refractivity contribution in [2.24, 2.45) is 0 Å².